The van der Waals surface area contributed by atoms with Crippen molar-refractivity contribution >= 4 is 28.8 Å². The Labute approximate surface area is 201 Å². The van der Waals surface area contributed by atoms with E-state index < -0.39 is 17.5 Å². The highest BCUT2D eigenvalue weighted by molar-refractivity contribution is 7.10. The lowest BCUT2D eigenvalue weighted by Crippen LogP contribution is -2.48. The first kappa shape index (κ1) is 23.5. The van der Waals surface area contributed by atoms with E-state index in [9.17, 15) is 9.59 Å². The molecule has 34 heavy (non-hydrogen) atoms. The van der Waals surface area contributed by atoms with Crippen LogP contribution in [0.15, 0.2) is 30.0 Å². The second kappa shape index (κ2) is 9.30. The SMILES string of the molecule is CN(Cc1cn(C(C(=O)NC2CCc3sccc3C2=O)C(C)(C)C)nn1)c1cnc(C#N)cn1. The highest BCUT2D eigenvalue weighted by Gasteiger charge is 2.37. The van der Waals surface area contributed by atoms with E-state index in [0.29, 0.717) is 30.0 Å². The third-order valence-electron chi connectivity index (χ3n) is 5.74. The topological polar surface area (TPSA) is 130 Å². The van der Waals surface area contributed by atoms with Gasteiger partial charge in [-0.05, 0) is 29.7 Å². The molecule has 0 saturated carbocycles. The summed E-state index contributed by atoms with van der Waals surface area (Å²) in [4.78, 5) is 37.4. The number of ketones is 1. The summed E-state index contributed by atoms with van der Waals surface area (Å²) < 4.78 is 1.56. The van der Waals surface area contributed by atoms with Crippen molar-refractivity contribution in [2.24, 2.45) is 5.41 Å². The van der Waals surface area contributed by atoms with Crippen molar-refractivity contribution in [3.63, 3.8) is 0 Å². The van der Waals surface area contributed by atoms with E-state index >= 15 is 0 Å². The Bertz CT molecular complexity index is 1230. The highest BCUT2D eigenvalue weighted by Crippen LogP contribution is 2.32. The Balaban J connectivity index is 1.48. The summed E-state index contributed by atoms with van der Waals surface area (Å²) in [7, 11) is 1.83. The van der Waals surface area contributed by atoms with E-state index in [4.69, 9.17) is 5.26 Å². The van der Waals surface area contributed by atoms with Gasteiger partial charge in [0.25, 0.3) is 0 Å². The zero-order valence-electron chi connectivity index (χ0n) is 19.5. The van der Waals surface area contributed by atoms with Crippen LogP contribution in [0.5, 0.6) is 0 Å². The number of anilines is 1. The predicted molar refractivity (Wildman–Crippen MR) is 126 cm³/mol. The van der Waals surface area contributed by atoms with Gasteiger partial charge in [-0.1, -0.05) is 26.0 Å². The molecule has 0 saturated heterocycles. The standard InChI is InChI=1S/C23H26N8O2S/c1-23(2,3)21(22(33)27-17-5-6-18-16(20(17)32)7-8-34-18)31-13-15(28-29-31)12-30(4)19-11-25-14(9-24)10-26-19/h7-8,10-11,13,17,21H,5-6,12H2,1-4H3,(H,27,33). The van der Waals surface area contributed by atoms with Crippen molar-refractivity contribution in [3.8, 4) is 6.07 Å². The van der Waals surface area contributed by atoms with Crippen LogP contribution in [0.3, 0.4) is 0 Å². The van der Waals surface area contributed by atoms with Gasteiger partial charge in [0.1, 0.15) is 23.6 Å². The number of nitrogens with one attached hydrogen (secondary N) is 1. The number of carbonyl (C=O) groups excluding carboxylic acids is 2. The number of carbonyl (C=O) groups is 2. The van der Waals surface area contributed by atoms with Crippen molar-refractivity contribution in [2.75, 3.05) is 11.9 Å². The first-order chi connectivity index (χ1) is 16.2. The number of aromatic nitrogens is 5. The smallest absolute Gasteiger partial charge is 0.246 e. The molecule has 3 aromatic heterocycles. The molecule has 4 rings (SSSR count). The lowest BCUT2D eigenvalue weighted by molar-refractivity contribution is -0.128. The lowest BCUT2D eigenvalue weighted by Gasteiger charge is -2.31. The molecular formula is C23H26N8O2S. The van der Waals surface area contributed by atoms with E-state index in [0.717, 1.165) is 11.3 Å². The van der Waals surface area contributed by atoms with Crippen molar-refractivity contribution in [1.29, 1.82) is 5.26 Å². The Hall–Kier alpha value is -3.65. The minimum absolute atomic E-state index is 0.0343. The van der Waals surface area contributed by atoms with Crippen LogP contribution in [0.2, 0.25) is 0 Å². The minimum Gasteiger partial charge on any atom is -0.352 e. The Morgan fingerprint density at radius 2 is 2.18 bits per heavy atom. The predicted octanol–water partition coefficient (Wildman–Crippen LogP) is 2.54. The maximum atomic E-state index is 13.4. The normalized spacial score (nSPS) is 16.4. The fourth-order valence-corrected chi connectivity index (χ4v) is 4.96. The van der Waals surface area contributed by atoms with Crippen molar-refractivity contribution in [1.82, 2.24) is 30.3 Å². The third kappa shape index (κ3) is 4.82. The fraction of sp³-hybridized carbons (Fsp3) is 0.435. The molecule has 0 aromatic carbocycles. The van der Waals surface area contributed by atoms with Gasteiger partial charge in [0, 0.05) is 17.5 Å². The molecule has 3 aromatic rings. The molecule has 176 valence electrons. The molecule has 2 unspecified atom stereocenters. The number of hydrogen-bond acceptors (Lipinski definition) is 9. The molecule has 10 nitrogen and oxygen atoms in total. The fourth-order valence-electron chi connectivity index (χ4n) is 4.06. The molecule has 0 fully saturated rings. The quantitative estimate of drug-likeness (QED) is 0.572. The summed E-state index contributed by atoms with van der Waals surface area (Å²) in [5.74, 6) is 0.294. The molecule has 3 heterocycles. The van der Waals surface area contributed by atoms with Crippen LogP contribution in [0.25, 0.3) is 0 Å². The maximum absolute atomic E-state index is 13.4. The number of Topliss-reactive ketones (excluding diaryl/α,β-unsaturated/α-hetero) is 1. The second-order valence-electron chi connectivity index (χ2n) is 9.41. The lowest BCUT2D eigenvalue weighted by atomic mass is 9.85. The van der Waals surface area contributed by atoms with Gasteiger partial charge in [-0.25, -0.2) is 14.6 Å². The first-order valence-corrected chi connectivity index (χ1v) is 11.8. The number of rotatable bonds is 6. The number of thiophene rings is 1. The van der Waals surface area contributed by atoms with Crippen LogP contribution >= 0.6 is 11.3 Å². The molecule has 1 amide bonds. The zero-order chi connectivity index (χ0) is 24.5. The molecule has 2 atom stereocenters. The summed E-state index contributed by atoms with van der Waals surface area (Å²) >= 11 is 1.58. The molecular weight excluding hydrogens is 452 g/mol. The van der Waals surface area contributed by atoms with Gasteiger partial charge < -0.3 is 10.2 Å². The summed E-state index contributed by atoms with van der Waals surface area (Å²) in [6, 6.07) is 2.59. The molecule has 0 aliphatic heterocycles. The number of nitriles is 1. The molecule has 0 radical (unpaired) electrons. The van der Waals surface area contributed by atoms with Gasteiger partial charge in [-0.15, -0.1) is 16.4 Å². The van der Waals surface area contributed by atoms with Crippen LogP contribution in [0, 0.1) is 16.7 Å². The summed E-state index contributed by atoms with van der Waals surface area (Å²) in [5, 5.41) is 22.2. The van der Waals surface area contributed by atoms with Gasteiger partial charge in [0.15, 0.2) is 11.5 Å². The van der Waals surface area contributed by atoms with Gasteiger partial charge >= 0.3 is 0 Å². The number of amides is 1. The van der Waals surface area contributed by atoms with Crippen LogP contribution < -0.4 is 10.2 Å². The Morgan fingerprint density at radius 1 is 1.38 bits per heavy atom. The van der Waals surface area contributed by atoms with E-state index in [1.165, 1.54) is 12.4 Å². The highest BCUT2D eigenvalue weighted by atomic mass is 32.1. The Morgan fingerprint density at radius 3 is 2.85 bits per heavy atom. The van der Waals surface area contributed by atoms with Gasteiger partial charge in [0.2, 0.25) is 5.91 Å². The second-order valence-corrected chi connectivity index (χ2v) is 10.4. The number of aryl methyl sites for hydroxylation is 1. The molecule has 1 aliphatic carbocycles. The first-order valence-electron chi connectivity index (χ1n) is 10.9. The van der Waals surface area contributed by atoms with E-state index in [-0.39, 0.29) is 17.4 Å². The molecule has 1 aliphatic rings. The molecule has 0 spiro atoms. The van der Waals surface area contributed by atoms with Crippen LogP contribution in [0.1, 0.15) is 59.9 Å². The van der Waals surface area contributed by atoms with Gasteiger partial charge in [-0.3, -0.25) is 9.59 Å². The third-order valence-corrected chi connectivity index (χ3v) is 6.72. The number of fused-ring (bicyclic) bond motifs is 1. The number of hydrogen-bond donors (Lipinski definition) is 1. The van der Waals surface area contributed by atoms with Crippen molar-refractivity contribution < 1.29 is 9.59 Å². The molecule has 11 heteroatoms. The van der Waals surface area contributed by atoms with Gasteiger partial charge in [-0.2, -0.15) is 5.26 Å². The van der Waals surface area contributed by atoms with Crippen LogP contribution in [-0.4, -0.2) is 49.7 Å². The largest absolute Gasteiger partial charge is 0.352 e. The molecule has 1 N–H and O–H groups in total. The van der Waals surface area contributed by atoms with E-state index in [2.05, 4.69) is 25.6 Å². The average molecular weight is 479 g/mol. The minimum atomic E-state index is -0.648. The number of nitrogens with zero attached hydrogens (tertiary/aromatic N) is 7. The average Bonchev–Trinajstić information content (AvgIpc) is 3.45. The van der Waals surface area contributed by atoms with Crippen molar-refractivity contribution in [2.45, 2.75) is 52.2 Å². The zero-order valence-corrected chi connectivity index (χ0v) is 20.3. The van der Waals surface area contributed by atoms with Crippen molar-refractivity contribution in [3.05, 3.63) is 51.9 Å². The van der Waals surface area contributed by atoms with E-state index in [1.807, 2.05) is 50.2 Å². The van der Waals surface area contributed by atoms with Crippen LogP contribution in [0.4, 0.5) is 5.82 Å². The molecule has 0 bridgehead atoms. The van der Waals surface area contributed by atoms with Gasteiger partial charge in [0.05, 0.1) is 31.2 Å². The summed E-state index contributed by atoms with van der Waals surface area (Å²) in [6.45, 7) is 6.26. The van der Waals surface area contributed by atoms with Crippen LogP contribution in [-0.2, 0) is 17.8 Å². The summed E-state index contributed by atoms with van der Waals surface area (Å²) in [6.07, 6.45) is 6.04. The van der Waals surface area contributed by atoms with E-state index in [1.54, 1.807) is 22.2 Å². The summed E-state index contributed by atoms with van der Waals surface area (Å²) in [5.41, 5.74) is 1.14. The Kier molecular flexibility index (Phi) is 6.43. The maximum Gasteiger partial charge on any atom is 0.246 e. The monoisotopic (exact) mass is 478 g/mol.